The van der Waals surface area contributed by atoms with E-state index in [0.717, 1.165) is 0 Å². The van der Waals surface area contributed by atoms with Crippen molar-refractivity contribution in [3.05, 3.63) is 75.0 Å². The topological polar surface area (TPSA) is 90.2 Å². The molecule has 0 radical (unpaired) electrons. The monoisotopic (exact) mass is 376 g/mol. The van der Waals surface area contributed by atoms with Crippen LogP contribution in [0.4, 0.5) is 17.2 Å². The number of rotatable bonds is 5. The van der Waals surface area contributed by atoms with Crippen molar-refractivity contribution in [1.82, 2.24) is 9.97 Å². The number of nitrogens with one attached hydrogen (secondary N) is 1. The van der Waals surface area contributed by atoms with Crippen molar-refractivity contribution >= 4 is 40.4 Å². The van der Waals surface area contributed by atoms with E-state index in [0.29, 0.717) is 21.5 Å². The molecule has 0 amide bonds. The number of para-hydroxylation sites is 1. The molecule has 1 N–H and O–H groups in total. The van der Waals surface area contributed by atoms with Gasteiger partial charge >= 0.3 is 11.6 Å². The van der Waals surface area contributed by atoms with E-state index in [1.54, 1.807) is 42.5 Å². The van der Waals surface area contributed by atoms with E-state index >= 15 is 0 Å². The Balaban J connectivity index is 1.97. The molecule has 3 aromatic rings. The fourth-order valence-electron chi connectivity index (χ4n) is 2.00. The fraction of sp³-hybridized carbons (Fsp3) is 0. The number of benzene rings is 2. The Bertz CT molecular complexity index is 923. The molecule has 3 rings (SSSR count). The summed E-state index contributed by atoms with van der Waals surface area (Å²) in [4.78, 5) is 18.7. The SMILES string of the molecule is O=[N+]([O-])c1c(Nc2ccc(Cl)c(Cl)c2)ncnc1Oc1ccccc1. The molecule has 0 aliphatic heterocycles. The third kappa shape index (κ3) is 3.96. The van der Waals surface area contributed by atoms with Gasteiger partial charge in [0.2, 0.25) is 5.82 Å². The molecule has 0 atom stereocenters. The predicted molar refractivity (Wildman–Crippen MR) is 94.9 cm³/mol. The standard InChI is InChI=1S/C16H10Cl2N4O3/c17-12-7-6-10(8-13(12)18)21-15-14(22(23)24)16(20-9-19-15)25-11-4-2-1-3-5-11/h1-9H,(H,19,20,21). The molecule has 1 aromatic heterocycles. The summed E-state index contributed by atoms with van der Waals surface area (Å²) in [5, 5.41) is 15.0. The van der Waals surface area contributed by atoms with E-state index in [2.05, 4.69) is 15.3 Å². The lowest BCUT2D eigenvalue weighted by Crippen LogP contribution is -2.03. The maximum atomic E-state index is 11.5. The van der Waals surface area contributed by atoms with Gasteiger partial charge in [-0.1, -0.05) is 41.4 Å². The van der Waals surface area contributed by atoms with Crippen molar-refractivity contribution in [3.8, 4) is 11.6 Å². The molecule has 7 nitrogen and oxygen atoms in total. The third-order valence-electron chi connectivity index (χ3n) is 3.11. The van der Waals surface area contributed by atoms with Gasteiger partial charge in [0.1, 0.15) is 12.1 Å². The molecule has 0 saturated carbocycles. The lowest BCUT2D eigenvalue weighted by atomic mass is 10.3. The molecule has 0 aliphatic carbocycles. The van der Waals surface area contributed by atoms with Crippen LogP contribution in [0.25, 0.3) is 0 Å². The average Bonchev–Trinajstić information content (AvgIpc) is 2.59. The molecule has 0 spiro atoms. The first-order valence-electron chi connectivity index (χ1n) is 6.99. The number of nitro groups is 1. The van der Waals surface area contributed by atoms with Gasteiger partial charge in [-0.05, 0) is 30.3 Å². The van der Waals surface area contributed by atoms with Gasteiger partial charge < -0.3 is 10.1 Å². The molecule has 25 heavy (non-hydrogen) atoms. The van der Waals surface area contributed by atoms with Gasteiger partial charge in [-0.15, -0.1) is 0 Å². The highest BCUT2D eigenvalue weighted by atomic mass is 35.5. The lowest BCUT2D eigenvalue weighted by Gasteiger charge is -2.10. The first-order valence-corrected chi connectivity index (χ1v) is 7.74. The van der Waals surface area contributed by atoms with Crippen LogP contribution in [0.5, 0.6) is 11.6 Å². The lowest BCUT2D eigenvalue weighted by molar-refractivity contribution is -0.385. The van der Waals surface area contributed by atoms with Crippen LogP contribution in [0.15, 0.2) is 54.9 Å². The van der Waals surface area contributed by atoms with Crippen molar-refractivity contribution in [3.63, 3.8) is 0 Å². The summed E-state index contributed by atoms with van der Waals surface area (Å²) < 4.78 is 5.51. The third-order valence-corrected chi connectivity index (χ3v) is 3.85. The zero-order valence-corrected chi connectivity index (χ0v) is 14.0. The fourth-order valence-corrected chi connectivity index (χ4v) is 2.30. The number of halogens is 2. The minimum atomic E-state index is -0.613. The summed E-state index contributed by atoms with van der Waals surface area (Å²) in [6, 6.07) is 13.4. The van der Waals surface area contributed by atoms with Crippen LogP contribution in [-0.4, -0.2) is 14.9 Å². The van der Waals surface area contributed by atoms with E-state index in [9.17, 15) is 10.1 Å². The number of anilines is 2. The summed E-state index contributed by atoms with van der Waals surface area (Å²) in [7, 11) is 0. The summed E-state index contributed by atoms with van der Waals surface area (Å²) >= 11 is 11.8. The second kappa shape index (κ2) is 7.33. The molecule has 0 bridgehead atoms. The zero-order chi connectivity index (χ0) is 17.8. The van der Waals surface area contributed by atoms with Crippen LogP contribution in [-0.2, 0) is 0 Å². The summed E-state index contributed by atoms with van der Waals surface area (Å²) in [6.45, 7) is 0. The maximum absolute atomic E-state index is 11.5. The van der Waals surface area contributed by atoms with Gasteiger partial charge in [-0.25, -0.2) is 4.98 Å². The Labute approximate surface area is 152 Å². The van der Waals surface area contributed by atoms with Crippen molar-refractivity contribution in [1.29, 1.82) is 0 Å². The first kappa shape index (κ1) is 16.9. The van der Waals surface area contributed by atoms with Crippen LogP contribution in [0, 0.1) is 10.1 Å². The van der Waals surface area contributed by atoms with Crippen LogP contribution >= 0.6 is 23.2 Å². The van der Waals surface area contributed by atoms with Crippen molar-refractivity contribution in [2.45, 2.75) is 0 Å². The minimum Gasteiger partial charge on any atom is -0.434 e. The normalized spacial score (nSPS) is 10.3. The quantitative estimate of drug-likeness (QED) is 0.484. The largest absolute Gasteiger partial charge is 0.434 e. The van der Waals surface area contributed by atoms with E-state index < -0.39 is 10.6 Å². The molecule has 9 heteroatoms. The van der Waals surface area contributed by atoms with E-state index in [1.807, 2.05) is 0 Å². The molecule has 126 valence electrons. The Kier molecular flexibility index (Phi) is 4.97. The van der Waals surface area contributed by atoms with Gasteiger partial charge in [-0.3, -0.25) is 10.1 Å². The van der Waals surface area contributed by atoms with Crippen LogP contribution < -0.4 is 10.1 Å². The van der Waals surface area contributed by atoms with Gasteiger partial charge in [0.25, 0.3) is 0 Å². The predicted octanol–water partition coefficient (Wildman–Crippen LogP) is 5.23. The zero-order valence-electron chi connectivity index (χ0n) is 12.5. The first-order chi connectivity index (χ1) is 12.0. The van der Waals surface area contributed by atoms with Crippen molar-refractivity contribution in [2.24, 2.45) is 0 Å². The van der Waals surface area contributed by atoms with Crippen molar-refractivity contribution in [2.75, 3.05) is 5.32 Å². The van der Waals surface area contributed by atoms with E-state index in [-0.39, 0.29) is 11.7 Å². The van der Waals surface area contributed by atoms with Gasteiger partial charge in [-0.2, -0.15) is 4.98 Å². The van der Waals surface area contributed by atoms with Gasteiger partial charge in [0, 0.05) is 5.69 Å². The highest BCUT2D eigenvalue weighted by molar-refractivity contribution is 6.42. The number of hydrogen-bond acceptors (Lipinski definition) is 6. The van der Waals surface area contributed by atoms with Crippen LogP contribution in [0.3, 0.4) is 0 Å². The molecular weight excluding hydrogens is 367 g/mol. The van der Waals surface area contributed by atoms with Gasteiger partial charge in [0.05, 0.1) is 15.0 Å². The molecular formula is C16H10Cl2N4O3. The number of ether oxygens (including phenoxy) is 1. The second-order valence-electron chi connectivity index (χ2n) is 4.80. The highest BCUT2D eigenvalue weighted by Crippen LogP contribution is 2.36. The molecule has 1 heterocycles. The number of nitrogens with zero attached hydrogens (tertiary/aromatic N) is 3. The number of hydrogen-bond donors (Lipinski definition) is 1. The van der Waals surface area contributed by atoms with Gasteiger partial charge in [0.15, 0.2) is 0 Å². The average molecular weight is 377 g/mol. The summed E-state index contributed by atoms with van der Waals surface area (Å²) in [6.07, 6.45) is 1.17. The minimum absolute atomic E-state index is 0.0238. The Morgan fingerprint density at radius 1 is 1.04 bits per heavy atom. The molecule has 0 saturated heterocycles. The summed E-state index contributed by atoms with van der Waals surface area (Å²) in [5.74, 6) is 0.225. The number of aromatic nitrogens is 2. The Hall–Kier alpha value is -2.90. The van der Waals surface area contributed by atoms with E-state index in [4.69, 9.17) is 27.9 Å². The Morgan fingerprint density at radius 2 is 1.80 bits per heavy atom. The summed E-state index contributed by atoms with van der Waals surface area (Å²) in [5.41, 5.74) is 0.0966. The van der Waals surface area contributed by atoms with Crippen LogP contribution in [0.1, 0.15) is 0 Å². The van der Waals surface area contributed by atoms with Crippen molar-refractivity contribution < 1.29 is 9.66 Å². The maximum Gasteiger partial charge on any atom is 0.373 e. The second-order valence-corrected chi connectivity index (χ2v) is 5.62. The van der Waals surface area contributed by atoms with Crippen LogP contribution in [0.2, 0.25) is 10.0 Å². The van der Waals surface area contributed by atoms with E-state index in [1.165, 1.54) is 12.4 Å². The highest BCUT2D eigenvalue weighted by Gasteiger charge is 2.25. The molecule has 0 aliphatic rings. The Morgan fingerprint density at radius 3 is 2.48 bits per heavy atom. The smallest absolute Gasteiger partial charge is 0.373 e. The molecule has 0 fully saturated rings. The molecule has 0 unspecified atom stereocenters. The molecule has 2 aromatic carbocycles.